The molecule has 1 fully saturated rings. The molecule has 1 heterocycles. The third kappa shape index (κ3) is 6.31. The number of nitrogens with zero attached hydrogens (tertiary/aromatic N) is 2. The van der Waals surface area contributed by atoms with Gasteiger partial charge in [-0.1, -0.05) is 40.3 Å². The molecule has 1 aliphatic rings. The van der Waals surface area contributed by atoms with E-state index in [1.54, 1.807) is 13.8 Å². The molecule has 0 atom stereocenters. The smallest absolute Gasteiger partial charge is 0.307 e. The van der Waals surface area contributed by atoms with Crippen LogP contribution >= 0.6 is 0 Å². The molecule has 1 aromatic rings. The summed E-state index contributed by atoms with van der Waals surface area (Å²) in [5, 5.41) is 3.17. The van der Waals surface area contributed by atoms with Gasteiger partial charge in [0.2, 0.25) is 11.7 Å². The molecule has 0 aliphatic heterocycles. The third-order valence-electron chi connectivity index (χ3n) is 2.88. The predicted octanol–water partition coefficient (Wildman–Crippen LogP) is 4.56. The lowest BCUT2D eigenvalue weighted by Gasteiger charge is -2.01. The first-order chi connectivity index (χ1) is 9.12. The van der Waals surface area contributed by atoms with Gasteiger partial charge in [0.15, 0.2) is 0 Å². The van der Waals surface area contributed by atoms with E-state index < -0.39 is 11.7 Å². The van der Waals surface area contributed by atoms with Crippen LogP contribution < -0.4 is 0 Å². The van der Waals surface area contributed by atoms with Crippen molar-refractivity contribution in [2.24, 2.45) is 11.8 Å². The van der Waals surface area contributed by atoms with Crippen LogP contribution in [-0.2, 0) is 10.7 Å². The minimum Gasteiger partial charge on any atom is -0.339 e. The Morgan fingerprint density at radius 2 is 1.81 bits per heavy atom. The highest BCUT2D eigenvalue weighted by atomic mass is 19.3. The van der Waals surface area contributed by atoms with Gasteiger partial charge in [-0.3, -0.25) is 4.79 Å². The van der Waals surface area contributed by atoms with E-state index in [1.165, 1.54) is 0 Å². The first-order valence-electron chi connectivity index (χ1n) is 6.88. The molecule has 0 N–H and O–H groups in total. The van der Waals surface area contributed by atoms with E-state index >= 15 is 0 Å². The first-order valence-corrected chi connectivity index (χ1v) is 6.88. The van der Waals surface area contributed by atoms with Crippen LogP contribution in [0.4, 0.5) is 8.78 Å². The lowest BCUT2D eigenvalue weighted by molar-refractivity contribution is -0.123. The summed E-state index contributed by atoms with van der Waals surface area (Å²) in [5.41, 5.74) is 0. The minimum absolute atomic E-state index is 0. The van der Waals surface area contributed by atoms with Crippen molar-refractivity contribution in [3.05, 3.63) is 11.7 Å². The van der Waals surface area contributed by atoms with Gasteiger partial charge in [0.1, 0.15) is 5.78 Å². The van der Waals surface area contributed by atoms with E-state index in [9.17, 15) is 13.6 Å². The molecule has 0 amide bonds. The van der Waals surface area contributed by atoms with Crippen molar-refractivity contribution in [1.29, 1.82) is 0 Å². The summed E-state index contributed by atoms with van der Waals surface area (Å²) in [6, 6.07) is 0. The van der Waals surface area contributed by atoms with Gasteiger partial charge in [-0.05, 0) is 12.8 Å². The van der Waals surface area contributed by atoms with Crippen LogP contribution in [0.3, 0.4) is 0 Å². The van der Waals surface area contributed by atoms with Crippen LogP contribution in [0, 0.1) is 11.8 Å². The molecule has 0 bridgehead atoms. The molecule has 0 saturated heterocycles. The van der Waals surface area contributed by atoms with Crippen molar-refractivity contribution in [2.75, 3.05) is 0 Å². The summed E-state index contributed by atoms with van der Waals surface area (Å²) < 4.78 is 29.7. The molecule has 6 heteroatoms. The lowest BCUT2D eigenvalue weighted by atomic mass is 10.1. The van der Waals surface area contributed by atoms with E-state index in [4.69, 9.17) is 0 Å². The number of hydrogen-bond acceptors (Lipinski definition) is 4. The highest BCUT2D eigenvalue weighted by molar-refractivity contribution is 5.84. The predicted molar refractivity (Wildman–Crippen MR) is 77.3 cm³/mol. The number of carbonyl (C=O) groups excluding carboxylic acids is 1. The van der Waals surface area contributed by atoms with Gasteiger partial charge in [-0.2, -0.15) is 13.8 Å². The highest BCUT2D eigenvalue weighted by Gasteiger charge is 2.31. The second-order valence-corrected chi connectivity index (χ2v) is 5.83. The quantitative estimate of drug-likeness (QED) is 0.818. The Kier molecular flexibility index (Phi) is 7.13. The van der Waals surface area contributed by atoms with Crippen molar-refractivity contribution in [1.82, 2.24) is 10.1 Å². The lowest BCUT2D eigenvalue weighted by Crippen LogP contribution is -2.09. The maximum absolute atomic E-state index is 12.5. The van der Waals surface area contributed by atoms with E-state index in [0.29, 0.717) is 11.7 Å². The van der Waals surface area contributed by atoms with Crippen molar-refractivity contribution >= 4 is 5.78 Å². The Morgan fingerprint density at radius 1 is 1.29 bits per heavy atom. The zero-order chi connectivity index (χ0) is 15.5. The number of hydrogen-bond donors (Lipinski definition) is 0. The number of carbonyl (C=O) groups is 1. The Bertz CT molecular complexity index is 443. The zero-order valence-electron chi connectivity index (χ0n) is 12.6. The minimum atomic E-state index is -3.02. The fourth-order valence-corrected chi connectivity index (χ4v) is 1.49. The maximum Gasteiger partial charge on any atom is 0.307 e. The molecule has 1 aliphatic carbocycles. The van der Waals surface area contributed by atoms with Gasteiger partial charge in [0.05, 0.1) is 0 Å². The third-order valence-corrected chi connectivity index (χ3v) is 2.88. The second kappa shape index (κ2) is 7.61. The van der Waals surface area contributed by atoms with E-state index in [-0.39, 0.29) is 25.2 Å². The number of rotatable bonds is 4. The molecule has 0 spiro atoms. The van der Waals surface area contributed by atoms with E-state index in [0.717, 1.165) is 19.8 Å². The topological polar surface area (TPSA) is 56.0 Å². The number of aromatic nitrogens is 2. The second-order valence-electron chi connectivity index (χ2n) is 5.83. The van der Waals surface area contributed by atoms with Gasteiger partial charge >= 0.3 is 5.92 Å². The SMILES string of the molecule is C.CC(C)C(=O)C1CC1.CC(C)c1nc(C(C)(F)F)no1. The Labute approximate surface area is 125 Å². The summed E-state index contributed by atoms with van der Waals surface area (Å²) in [6.45, 7) is 8.28. The molecule has 2 rings (SSSR count). The van der Waals surface area contributed by atoms with E-state index in [2.05, 4.69) is 14.7 Å². The van der Waals surface area contributed by atoms with Crippen molar-refractivity contribution in [3.63, 3.8) is 0 Å². The molecule has 1 aromatic heterocycles. The van der Waals surface area contributed by atoms with Gasteiger partial charge in [-0.25, -0.2) is 0 Å². The normalized spacial score (nSPS) is 14.5. The Balaban J connectivity index is 0.000000390. The Hall–Kier alpha value is -1.33. The zero-order valence-corrected chi connectivity index (χ0v) is 12.6. The molecule has 21 heavy (non-hydrogen) atoms. The summed E-state index contributed by atoms with van der Waals surface area (Å²) in [6.07, 6.45) is 2.30. The van der Waals surface area contributed by atoms with Crippen LogP contribution in [0.15, 0.2) is 4.52 Å². The fraction of sp³-hybridized carbons (Fsp3) is 0.800. The summed E-state index contributed by atoms with van der Waals surface area (Å²) in [5.74, 6) is -2.16. The van der Waals surface area contributed by atoms with Crippen LogP contribution in [0.2, 0.25) is 0 Å². The van der Waals surface area contributed by atoms with Crippen LogP contribution in [0.25, 0.3) is 0 Å². The average Bonchev–Trinajstić information content (AvgIpc) is 3.02. The van der Waals surface area contributed by atoms with Crippen LogP contribution in [0.5, 0.6) is 0 Å². The van der Waals surface area contributed by atoms with Gasteiger partial charge < -0.3 is 4.52 Å². The molecule has 0 aromatic carbocycles. The van der Waals surface area contributed by atoms with Crippen LogP contribution in [0.1, 0.15) is 72.5 Å². The van der Waals surface area contributed by atoms with E-state index in [1.807, 2.05) is 13.8 Å². The van der Waals surface area contributed by atoms with Gasteiger partial charge in [-0.15, -0.1) is 0 Å². The molecule has 0 unspecified atom stereocenters. The van der Waals surface area contributed by atoms with Gasteiger partial charge in [0, 0.05) is 24.7 Å². The summed E-state index contributed by atoms with van der Waals surface area (Å²) in [7, 11) is 0. The molecular weight excluding hydrogens is 278 g/mol. The molecule has 0 radical (unpaired) electrons. The largest absolute Gasteiger partial charge is 0.339 e. The van der Waals surface area contributed by atoms with Gasteiger partial charge in [0.25, 0.3) is 0 Å². The summed E-state index contributed by atoms with van der Waals surface area (Å²) in [4.78, 5) is 14.5. The number of ketones is 1. The first kappa shape index (κ1) is 19.7. The fourth-order valence-electron chi connectivity index (χ4n) is 1.49. The Morgan fingerprint density at radius 3 is 2.00 bits per heavy atom. The van der Waals surface area contributed by atoms with Crippen LogP contribution in [-0.4, -0.2) is 15.9 Å². The van der Waals surface area contributed by atoms with Crippen molar-refractivity contribution in [3.8, 4) is 0 Å². The number of Topliss-reactive ketones (excluding diaryl/α,β-unsaturated/α-hetero) is 1. The molecular formula is C15H26F2N2O2. The monoisotopic (exact) mass is 304 g/mol. The van der Waals surface area contributed by atoms with Crippen molar-refractivity contribution in [2.45, 2.75) is 66.7 Å². The number of alkyl halides is 2. The maximum atomic E-state index is 12.5. The highest BCUT2D eigenvalue weighted by Crippen LogP contribution is 2.32. The molecule has 4 nitrogen and oxygen atoms in total. The molecule has 122 valence electrons. The molecule has 1 saturated carbocycles. The van der Waals surface area contributed by atoms with Crippen molar-refractivity contribution < 1.29 is 18.1 Å². The average molecular weight is 304 g/mol. The number of halogens is 2. The summed E-state index contributed by atoms with van der Waals surface area (Å²) >= 11 is 0. The standard InChI is InChI=1S/C7H10F2N2O.C7H12O.CH4/c1-4(2)5-10-6(11-12-5)7(3,8)9;1-5(2)7(8)6-3-4-6;/h4H,1-3H3;5-6H,3-4H2,1-2H3;1H4.